The highest BCUT2D eigenvalue weighted by Gasteiger charge is 2.18. The van der Waals surface area contributed by atoms with Gasteiger partial charge in [0.1, 0.15) is 0 Å². The molecule has 444 valence electrons. The van der Waals surface area contributed by atoms with Gasteiger partial charge in [0.25, 0.3) is 0 Å². The molecule has 2 unspecified atom stereocenters. The SMILES string of the molecule is CCCCCCCCC/C=C\CCCCCCCCCC(=O)OCCCCCCCCCCCCCCCCCCCCCCCCCCCCCCCCCC(=O)NC(CO)C(O)/C=C/CCCCCCCCC. The molecule has 3 N–H and O–H groups in total. The highest BCUT2D eigenvalue weighted by Crippen LogP contribution is 2.18. The summed E-state index contributed by atoms with van der Waals surface area (Å²) in [7, 11) is 0. The van der Waals surface area contributed by atoms with Gasteiger partial charge in [-0.1, -0.05) is 334 Å². The van der Waals surface area contributed by atoms with Crippen LogP contribution < -0.4 is 5.32 Å². The van der Waals surface area contributed by atoms with Crippen LogP contribution in [0.1, 0.15) is 380 Å². The molecule has 0 fully saturated rings. The molecule has 0 heterocycles. The van der Waals surface area contributed by atoms with Gasteiger partial charge in [0.15, 0.2) is 0 Å². The molecule has 0 bridgehead atoms. The maximum atomic E-state index is 12.4. The molecule has 0 spiro atoms. The number of aliphatic hydroxyl groups excluding tert-OH is 2. The van der Waals surface area contributed by atoms with Crippen LogP contribution in [0.15, 0.2) is 24.3 Å². The van der Waals surface area contributed by atoms with E-state index in [1.165, 1.54) is 308 Å². The van der Waals surface area contributed by atoms with Crippen LogP contribution in [-0.2, 0) is 14.3 Å². The number of carbonyl (C=O) groups excluding carboxylic acids is 2. The molecule has 0 aliphatic rings. The molecule has 6 nitrogen and oxygen atoms in total. The first-order valence-electron chi connectivity index (χ1n) is 34.1. The Hall–Kier alpha value is -1.66. The molecule has 0 radical (unpaired) electrons. The summed E-state index contributed by atoms with van der Waals surface area (Å²) in [6, 6.07) is -0.622. The fraction of sp³-hybridized carbons (Fsp3) is 0.913. The van der Waals surface area contributed by atoms with Crippen LogP contribution in [0.25, 0.3) is 0 Å². The standard InChI is InChI=1S/C69H133NO5/c1-3-5-7-9-11-13-14-15-16-17-34-37-40-43-47-51-55-59-63-69(74)75-64-60-56-52-48-44-41-38-35-32-30-28-26-24-22-20-18-19-21-23-25-27-29-31-33-36-39-42-46-50-54-58-62-68(73)70-66(65-71)67(72)61-57-53-49-45-12-10-8-6-4-2/h16-17,57,61,66-67,71-72H,3-15,18-56,58-60,62-65H2,1-2H3,(H,70,73)/b17-16-,61-57+. The molecule has 0 rings (SSSR count). The third-order valence-electron chi connectivity index (χ3n) is 16.0. The molecule has 0 saturated carbocycles. The van der Waals surface area contributed by atoms with E-state index in [0.717, 1.165) is 44.9 Å². The zero-order chi connectivity index (χ0) is 54.3. The average Bonchev–Trinajstić information content (AvgIpc) is 3.41. The second-order valence-electron chi connectivity index (χ2n) is 23.5. The summed E-state index contributed by atoms with van der Waals surface area (Å²) in [6.07, 6.45) is 81.3. The van der Waals surface area contributed by atoms with Gasteiger partial charge >= 0.3 is 5.97 Å². The van der Waals surface area contributed by atoms with Gasteiger partial charge in [-0.2, -0.15) is 0 Å². The molecule has 1 amide bonds. The zero-order valence-corrected chi connectivity index (χ0v) is 50.8. The Morgan fingerprint density at radius 1 is 0.360 bits per heavy atom. The lowest BCUT2D eigenvalue weighted by Gasteiger charge is -2.20. The predicted octanol–water partition coefficient (Wildman–Crippen LogP) is 21.8. The van der Waals surface area contributed by atoms with Crippen molar-refractivity contribution in [3.05, 3.63) is 24.3 Å². The van der Waals surface area contributed by atoms with E-state index in [-0.39, 0.29) is 18.5 Å². The largest absolute Gasteiger partial charge is 0.466 e. The van der Waals surface area contributed by atoms with Gasteiger partial charge in [0.2, 0.25) is 5.91 Å². The summed E-state index contributed by atoms with van der Waals surface area (Å²) in [4.78, 5) is 24.5. The quantitative estimate of drug-likeness (QED) is 0.0320. The Balaban J connectivity index is 3.29. The van der Waals surface area contributed by atoms with E-state index in [2.05, 4.69) is 31.3 Å². The Kier molecular flexibility index (Phi) is 63.4. The number of aliphatic hydroxyl groups is 2. The van der Waals surface area contributed by atoms with Crippen LogP contribution >= 0.6 is 0 Å². The first-order chi connectivity index (χ1) is 37.0. The van der Waals surface area contributed by atoms with E-state index in [4.69, 9.17) is 4.74 Å². The number of hydrogen-bond donors (Lipinski definition) is 3. The van der Waals surface area contributed by atoms with E-state index >= 15 is 0 Å². The molecule has 6 heteroatoms. The second-order valence-corrected chi connectivity index (χ2v) is 23.5. The number of amides is 1. The van der Waals surface area contributed by atoms with Gasteiger partial charge in [-0.05, 0) is 57.8 Å². The molecule has 0 aliphatic carbocycles. The molecule has 75 heavy (non-hydrogen) atoms. The minimum atomic E-state index is -0.839. The number of unbranched alkanes of at least 4 members (excludes halogenated alkanes) is 51. The van der Waals surface area contributed by atoms with Crippen molar-refractivity contribution in [1.82, 2.24) is 5.32 Å². The smallest absolute Gasteiger partial charge is 0.305 e. The monoisotopic (exact) mass is 1060 g/mol. The number of carbonyl (C=O) groups is 2. The summed E-state index contributed by atoms with van der Waals surface area (Å²) >= 11 is 0. The maximum absolute atomic E-state index is 12.4. The number of rotatable bonds is 64. The summed E-state index contributed by atoms with van der Waals surface area (Å²) in [6.45, 7) is 4.90. The van der Waals surface area contributed by atoms with E-state index in [1.54, 1.807) is 6.08 Å². The van der Waals surface area contributed by atoms with Gasteiger partial charge in [-0.25, -0.2) is 0 Å². The Morgan fingerprint density at radius 2 is 0.627 bits per heavy atom. The minimum absolute atomic E-state index is 0.0179. The Labute approximate surface area is 469 Å². The topological polar surface area (TPSA) is 95.9 Å². The van der Waals surface area contributed by atoms with E-state index in [0.29, 0.717) is 19.4 Å². The fourth-order valence-electron chi connectivity index (χ4n) is 10.7. The first-order valence-corrected chi connectivity index (χ1v) is 34.1. The molecule has 0 saturated heterocycles. The van der Waals surface area contributed by atoms with Gasteiger partial charge in [-0.15, -0.1) is 0 Å². The number of allylic oxidation sites excluding steroid dienone is 3. The molecule has 0 aromatic carbocycles. The van der Waals surface area contributed by atoms with Crippen molar-refractivity contribution in [2.24, 2.45) is 0 Å². The summed E-state index contributed by atoms with van der Waals surface area (Å²) < 4.78 is 5.51. The van der Waals surface area contributed by atoms with E-state index in [9.17, 15) is 19.8 Å². The molecule has 0 aromatic rings. The van der Waals surface area contributed by atoms with Crippen LogP contribution in [0.2, 0.25) is 0 Å². The van der Waals surface area contributed by atoms with Crippen molar-refractivity contribution < 1.29 is 24.5 Å². The molecular weight excluding hydrogens is 923 g/mol. The van der Waals surface area contributed by atoms with E-state index < -0.39 is 12.1 Å². The third kappa shape index (κ3) is 61.4. The lowest BCUT2D eigenvalue weighted by molar-refractivity contribution is -0.143. The van der Waals surface area contributed by atoms with Gasteiger partial charge in [0.05, 0.1) is 25.4 Å². The van der Waals surface area contributed by atoms with Crippen molar-refractivity contribution in [1.29, 1.82) is 0 Å². The number of hydrogen-bond acceptors (Lipinski definition) is 5. The normalized spacial score (nSPS) is 12.6. The van der Waals surface area contributed by atoms with Crippen molar-refractivity contribution in [3.63, 3.8) is 0 Å². The molecule has 0 aromatic heterocycles. The average molecular weight is 1060 g/mol. The van der Waals surface area contributed by atoms with Crippen LogP contribution in [0.5, 0.6) is 0 Å². The van der Waals surface area contributed by atoms with Crippen LogP contribution in [0, 0.1) is 0 Å². The summed E-state index contributed by atoms with van der Waals surface area (Å²) in [5.41, 5.74) is 0. The summed E-state index contributed by atoms with van der Waals surface area (Å²) in [5.74, 6) is -0.0472. The Bertz CT molecular complexity index is 1170. The van der Waals surface area contributed by atoms with Gasteiger partial charge in [0, 0.05) is 12.8 Å². The van der Waals surface area contributed by atoms with E-state index in [1.807, 2.05) is 6.08 Å². The lowest BCUT2D eigenvalue weighted by atomic mass is 10.0. The summed E-state index contributed by atoms with van der Waals surface area (Å²) in [5, 5.41) is 23.0. The van der Waals surface area contributed by atoms with Crippen molar-refractivity contribution in [3.8, 4) is 0 Å². The van der Waals surface area contributed by atoms with Crippen LogP contribution in [0.3, 0.4) is 0 Å². The van der Waals surface area contributed by atoms with Crippen LogP contribution in [-0.4, -0.2) is 47.4 Å². The first kappa shape index (κ1) is 73.3. The predicted molar refractivity (Wildman–Crippen MR) is 329 cm³/mol. The highest BCUT2D eigenvalue weighted by atomic mass is 16.5. The fourth-order valence-corrected chi connectivity index (χ4v) is 10.7. The van der Waals surface area contributed by atoms with Crippen molar-refractivity contribution in [2.45, 2.75) is 392 Å². The Morgan fingerprint density at radius 3 is 0.947 bits per heavy atom. The highest BCUT2D eigenvalue weighted by molar-refractivity contribution is 5.76. The molecular formula is C69H133NO5. The van der Waals surface area contributed by atoms with Crippen LogP contribution in [0.4, 0.5) is 0 Å². The molecule has 2 atom stereocenters. The van der Waals surface area contributed by atoms with Crippen molar-refractivity contribution >= 4 is 11.9 Å². The number of ether oxygens (including phenoxy) is 1. The minimum Gasteiger partial charge on any atom is -0.466 e. The number of nitrogens with one attached hydrogen (secondary N) is 1. The zero-order valence-electron chi connectivity index (χ0n) is 50.8. The van der Waals surface area contributed by atoms with Gasteiger partial charge in [-0.3, -0.25) is 9.59 Å². The van der Waals surface area contributed by atoms with Gasteiger partial charge < -0.3 is 20.3 Å². The lowest BCUT2D eigenvalue weighted by Crippen LogP contribution is -2.45. The third-order valence-corrected chi connectivity index (χ3v) is 16.0. The maximum Gasteiger partial charge on any atom is 0.305 e. The second kappa shape index (κ2) is 64.9. The van der Waals surface area contributed by atoms with Crippen molar-refractivity contribution in [2.75, 3.05) is 13.2 Å². The molecule has 0 aliphatic heterocycles. The number of esters is 1.